The number of benzene rings is 2. The first-order chi connectivity index (χ1) is 15.0. The molecule has 4 rings (SSSR count). The van der Waals surface area contributed by atoms with Crippen LogP contribution in [0.4, 0.5) is 4.79 Å². The molecule has 3 aromatic rings. The van der Waals surface area contributed by atoms with Crippen molar-refractivity contribution in [3.63, 3.8) is 0 Å². The first kappa shape index (κ1) is 20.1. The molecule has 0 aliphatic carbocycles. The Kier molecular flexibility index (Phi) is 5.36. The zero-order chi connectivity index (χ0) is 22.0. The highest BCUT2D eigenvalue weighted by Crippen LogP contribution is 2.31. The Morgan fingerprint density at radius 1 is 1.03 bits per heavy atom. The fourth-order valence-corrected chi connectivity index (χ4v) is 3.34. The lowest BCUT2D eigenvalue weighted by molar-refractivity contribution is -0.123. The van der Waals surface area contributed by atoms with Gasteiger partial charge in [0.1, 0.15) is 17.0 Å². The first-order valence-corrected chi connectivity index (χ1v) is 9.73. The van der Waals surface area contributed by atoms with Gasteiger partial charge in [0.25, 0.3) is 11.8 Å². The van der Waals surface area contributed by atoms with E-state index in [4.69, 9.17) is 9.84 Å². The Morgan fingerprint density at radius 3 is 2.39 bits per heavy atom. The van der Waals surface area contributed by atoms with Gasteiger partial charge in [0.15, 0.2) is 0 Å². The van der Waals surface area contributed by atoms with Crippen LogP contribution in [-0.4, -0.2) is 34.2 Å². The van der Waals surface area contributed by atoms with E-state index in [0.29, 0.717) is 17.9 Å². The van der Waals surface area contributed by atoms with Gasteiger partial charge in [-0.15, -0.1) is 0 Å². The van der Waals surface area contributed by atoms with Crippen LogP contribution >= 0.6 is 0 Å². The number of aromatic nitrogens is 2. The molecule has 156 valence electrons. The molecule has 1 saturated heterocycles. The normalized spacial score (nSPS) is 13.6. The van der Waals surface area contributed by atoms with Gasteiger partial charge in [0.2, 0.25) is 0 Å². The molecule has 0 radical (unpaired) electrons. The summed E-state index contributed by atoms with van der Waals surface area (Å²) in [5, 5.41) is 8.90. The lowest BCUT2D eigenvalue weighted by Crippen LogP contribution is -2.51. The zero-order valence-corrected chi connectivity index (χ0v) is 17.0. The summed E-state index contributed by atoms with van der Waals surface area (Å²) in [5.74, 6) is -0.762. The van der Waals surface area contributed by atoms with Crippen LogP contribution in [0.5, 0.6) is 5.75 Å². The van der Waals surface area contributed by atoms with Crippen molar-refractivity contribution in [1.29, 1.82) is 0 Å². The van der Waals surface area contributed by atoms with Gasteiger partial charge in [-0.3, -0.25) is 20.2 Å². The Bertz CT molecular complexity index is 1190. The highest BCUT2D eigenvalue weighted by molar-refractivity contribution is 6.31. The van der Waals surface area contributed by atoms with Crippen molar-refractivity contribution in [1.82, 2.24) is 20.4 Å². The molecule has 0 bridgehead atoms. The minimum absolute atomic E-state index is 0.169. The average Bonchev–Trinajstić information content (AvgIpc) is 3.15. The standard InChI is InChI=1S/C23H20N4O4/c1-3-31-17-9-10-18(14(2)11-17)20-15(12-19-21(28)24-23(30)25-22(19)29)13-27(26-20)16-7-5-4-6-8-16/h4-13H,3H2,1-2H3,(H2,24,25,28,29,30). The summed E-state index contributed by atoms with van der Waals surface area (Å²) in [4.78, 5) is 35.8. The van der Waals surface area contributed by atoms with E-state index in [9.17, 15) is 14.4 Å². The van der Waals surface area contributed by atoms with Crippen molar-refractivity contribution in [2.75, 3.05) is 6.61 Å². The number of aryl methyl sites for hydroxylation is 1. The third-order valence-electron chi connectivity index (χ3n) is 4.77. The van der Waals surface area contributed by atoms with E-state index in [1.807, 2.05) is 62.4 Å². The number of para-hydroxylation sites is 1. The number of rotatable bonds is 5. The van der Waals surface area contributed by atoms with Crippen LogP contribution in [0.2, 0.25) is 0 Å². The third-order valence-corrected chi connectivity index (χ3v) is 4.77. The highest BCUT2D eigenvalue weighted by atomic mass is 16.5. The third kappa shape index (κ3) is 4.09. The van der Waals surface area contributed by atoms with Gasteiger partial charge in [-0.25, -0.2) is 9.48 Å². The summed E-state index contributed by atoms with van der Waals surface area (Å²) >= 11 is 0. The number of carbonyl (C=O) groups excluding carboxylic acids is 3. The summed E-state index contributed by atoms with van der Waals surface area (Å²) in [6.07, 6.45) is 3.18. The van der Waals surface area contributed by atoms with Crippen LogP contribution in [0.1, 0.15) is 18.1 Å². The molecular formula is C23H20N4O4. The number of hydrogen-bond acceptors (Lipinski definition) is 5. The first-order valence-electron chi connectivity index (χ1n) is 9.73. The molecule has 0 saturated carbocycles. The maximum atomic E-state index is 12.2. The van der Waals surface area contributed by atoms with Crippen LogP contribution in [-0.2, 0) is 9.59 Å². The van der Waals surface area contributed by atoms with Gasteiger partial charge in [-0.2, -0.15) is 5.10 Å². The Labute approximate surface area is 178 Å². The Morgan fingerprint density at radius 2 is 1.74 bits per heavy atom. The lowest BCUT2D eigenvalue weighted by Gasteiger charge is -2.14. The van der Waals surface area contributed by atoms with E-state index < -0.39 is 17.8 Å². The molecule has 1 fully saturated rings. The predicted molar refractivity (Wildman–Crippen MR) is 115 cm³/mol. The zero-order valence-electron chi connectivity index (χ0n) is 17.0. The van der Waals surface area contributed by atoms with E-state index in [1.54, 1.807) is 10.9 Å². The van der Waals surface area contributed by atoms with Crippen molar-refractivity contribution < 1.29 is 19.1 Å². The van der Waals surface area contributed by atoms with Crippen LogP contribution < -0.4 is 15.4 Å². The summed E-state index contributed by atoms with van der Waals surface area (Å²) in [7, 11) is 0. The van der Waals surface area contributed by atoms with E-state index >= 15 is 0 Å². The van der Waals surface area contributed by atoms with E-state index in [0.717, 1.165) is 22.6 Å². The number of barbiturate groups is 1. The minimum atomic E-state index is -0.838. The summed E-state index contributed by atoms with van der Waals surface area (Å²) in [6.45, 7) is 4.41. The molecule has 0 unspecified atom stereocenters. The number of ether oxygens (including phenoxy) is 1. The Balaban J connectivity index is 1.85. The molecule has 8 nitrogen and oxygen atoms in total. The van der Waals surface area contributed by atoms with Crippen molar-refractivity contribution in [3.05, 3.63) is 71.4 Å². The van der Waals surface area contributed by atoms with Crippen molar-refractivity contribution in [2.45, 2.75) is 13.8 Å². The van der Waals surface area contributed by atoms with Crippen molar-refractivity contribution in [2.24, 2.45) is 0 Å². The second-order valence-corrected chi connectivity index (χ2v) is 6.92. The predicted octanol–water partition coefficient (Wildman–Crippen LogP) is 3.00. The van der Waals surface area contributed by atoms with E-state index in [-0.39, 0.29) is 5.57 Å². The molecule has 1 aromatic heterocycles. The molecule has 0 spiro atoms. The molecule has 2 aromatic carbocycles. The number of urea groups is 1. The molecule has 0 atom stereocenters. The number of carbonyl (C=O) groups is 3. The molecule has 31 heavy (non-hydrogen) atoms. The number of nitrogens with one attached hydrogen (secondary N) is 2. The fraction of sp³-hybridized carbons (Fsp3) is 0.130. The van der Waals surface area contributed by atoms with Gasteiger partial charge in [-0.1, -0.05) is 18.2 Å². The van der Waals surface area contributed by atoms with Gasteiger partial charge < -0.3 is 4.74 Å². The highest BCUT2D eigenvalue weighted by Gasteiger charge is 2.28. The van der Waals surface area contributed by atoms with Crippen LogP contribution in [0, 0.1) is 6.92 Å². The smallest absolute Gasteiger partial charge is 0.328 e. The lowest BCUT2D eigenvalue weighted by atomic mass is 10.0. The van der Waals surface area contributed by atoms with Crippen molar-refractivity contribution >= 4 is 23.9 Å². The molecule has 2 N–H and O–H groups in total. The number of imide groups is 2. The monoisotopic (exact) mass is 416 g/mol. The maximum Gasteiger partial charge on any atom is 0.328 e. The van der Waals surface area contributed by atoms with Gasteiger partial charge in [-0.05, 0) is 55.8 Å². The molecular weight excluding hydrogens is 396 g/mol. The quantitative estimate of drug-likeness (QED) is 0.492. The van der Waals surface area contributed by atoms with Crippen LogP contribution in [0.15, 0.2) is 60.3 Å². The van der Waals surface area contributed by atoms with Crippen LogP contribution in [0.3, 0.4) is 0 Å². The van der Waals surface area contributed by atoms with E-state index in [2.05, 4.69) is 10.6 Å². The van der Waals surface area contributed by atoms with Gasteiger partial charge >= 0.3 is 6.03 Å². The fourth-order valence-electron chi connectivity index (χ4n) is 3.34. The summed E-state index contributed by atoms with van der Waals surface area (Å²) in [6, 6.07) is 14.3. The summed E-state index contributed by atoms with van der Waals surface area (Å²) in [5.41, 5.74) is 3.57. The SMILES string of the molecule is CCOc1ccc(-c2nn(-c3ccccc3)cc2C=C2C(=O)NC(=O)NC2=O)c(C)c1. The Hall–Kier alpha value is -4.20. The maximum absolute atomic E-state index is 12.2. The number of nitrogens with zero attached hydrogens (tertiary/aromatic N) is 2. The van der Waals surface area contributed by atoms with Crippen molar-refractivity contribution in [3.8, 4) is 22.7 Å². The van der Waals surface area contributed by atoms with Gasteiger partial charge in [0.05, 0.1) is 12.3 Å². The second kappa shape index (κ2) is 8.27. The number of hydrogen-bond donors (Lipinski definition) is 2. The minimum Gasteiger partial charge on any atom is -0.494 e. The largest absolute Gasteiger partial charge is 0.494 e. The number of amides is 4. The second-order valence-electron chi connectivity index (χ2n) is 6.92. The molecule has 1 aliphatic heterocycles. The van der Waals surface area contributed by atoms with Crippen LogP contribution in [0.25, 0.3) is 23.0 Å². The molecule has 1 aliphatic rings. The molecule has 4 amide bonds. The topological polar surface area (TPSA) is 102 Å². The average molecular weight is 416 g/mol. The van der Waals surface area contributed by atoms with E-state index in [1.165, 1.54) is 6.08 Å². The molecule has 2 heterocycles. The summed E-state index contributed by atoms with van der Waals surface area (Å²) < 4.78 is 7.25. The molecule has 8 heteroatoms. The van der Waals surface area contributed by atoms with Gasteiger partial charge in [0, 0.05) is 17.3 Å².